The highest BCUT2D eigenvalue weighted by Gasteiger charge is 2.39. The van der Waals surface area contributed by atoms with Gasteiger partial charge >= 0.3 is 6.18 Å². The molecule has 2 atom stereocenters. The first kappa shape index (κ1) is 14.3. The Bertz CT molecular complexity index is 431. The fourth-order valence-electron chi connectivity index (χ4n) is 2.96. The molecule has 0 spiro atoms. The Morgan fingerprint density at radius 3 is 2.58 bits per heavy atom. The SMILES string of the molecule is CCN(CC(F)(F)F)C1Cc2ccccc2C1NC. The molecular weight excluding hydrogens is 253 g/mol. The summed E-state index contributed by atoms with van der Waals surface area (Å²) in [5.41, 5.74) is 2.27. The van der Waals surface area contributed by atoms with Crippen molar-refractivity contribution in [1.82, 2.24) is 10.2 Å². The first-order valence-corrected chi connectivity index (χ1v) is 6.52. The molecule has 0 fully saturated rings. The van der Waals surface area contributed by atoms with Gasteiger partial charge in [-0.15, -0.1) is 0 Å². The molecule has 1 aliphatic carbocycles. The van der Waals surface area contributed by atoms with Crippen molar-refractivity contribution in [3.8, 4) is 0 Å². The first-order chi connectivity index (χ1) is 8.96. The average Bonchev–Trinajstić information content (AvgIpc) is 2.73. The quantitative estimate of drug-likeness (QED) is 0.906. The molecule has 0 aliphatic heterocycles. The van der Waals surface area contributed by atoms with Gasteiger partial charge in [-0.2, -0.15) is 13.2 Å². The van der Waals surface area contributed by atoms with Gasteiger partial charge in [0.2, 0.25) is 0 Å². The second-order valence-electron chi connectivity index (χ2n) is 4.91. The number of benzene rings is 1. The molecule has 1 aromatic rings. The van der Waals surface area contributed by atoms with Gasteiger partial charge in [0, 0.05) is 12.1 Å². The molecule has 0 aromatic heterocycles. The van der Waals surface area contributed by atoms with Crippen LogP contribution >= 0.6 is 0 Å². The van der Waals surface area contributed by atoms with Gasteiger partial charge in [-0.05, 0) is 31.1 Å². The number of hydrogen-bond acceptors (Lipinski definition) is 2. The van der Waals surface area contributed by atoms with Gasteiger partial charge < -0.3 is 5.32 Å². The smallest absolute Gasteiger partial charge is 0.312 e. The van der Waals surface area contributed by atoms with Crippen LogP contribution in [-0.4, -0.2) is 37.3 Å². The van der Waals surface area contributed by atoms with Gasteiger partial charge in [0.1, 0.15) is 0 Å². The summed E-state index contributed by atoms with van der Waals surface area (Å²) in [5.74, 6) is 0. The number of fused-ring (bicyclic) bond motifs is 1. The normalized spacial score (nSPS) is 22.8. The zero-order chi connectivity index (χ0) is 14.0. The number of likely N-dealkylation sites (N-methyl/N-ethyl adjacent to an activating group) is 2. The first-order valence-electron chi connectivity index (χ1n) is 6.52. The van der Waals surface area contributed by atoms with Crippen LogP contribution in [0.5, 0.6) is 0 Å². The average molecular weight is 272 g/mol. The molecule has 2 nitrogen and oxygen atoms in total. The summed E-state index contributed by atoms with van der Waals surface area (Å²) in [5, 5.41) is 3.16. The van der Waals surface area contributed by atoms with Gasteiger partial charge in [0.15, 0.2) is 0 Å². The zero-order valence-corrected chi connectivity index (χ0v) is 11.2. The summed E-state index contributed by atoms with van der Waals surface area (Å²) in [6.07, 6.45) is -3.48. The molecule has 5 heteroatoms. The van der Waals surface area contributed by atoms with E-state index in [1.54, 1.807) is 14.0 Å². The number of nitrogens with one attached hydrogen (secondary N) is 1. The lowest BCUT2D eigenvalue weighted by Crippen LogP contribution is -2.46. The van der Waals surface area contributed by atoms with Crippen LogP contribution in [0, 0.1) is 0 Å². The predicted molar refractivity (Wildman–Crippen MR) is 69.0 cm³/mol. The highest BCUT2D eigenvalue weighted by molar-refractivity contribution is 5.37. The Morgan fingerprint density at radius 1 is 1.32 bits per heavy atom. The Hall–Kier alpha value is -1.07. The topological polar surface area (TPSA) is 15.3 Å². The van der Waals surface area contributed by atoms with Crippen LogP contribution in [0.3, 0.4) is 0 Å². The van der Waals surface area contributed by atoms with Crippen molar-refractivity contribution in [3.63, 3.8) is 0 Å². The summed E-state index contributed by atoms with van der Waals surface area (Å²) >= 11 is 0. The van der Waals surface area contributed by atoms with E-state index in [9.17, 15) is 13.2 Å². The standard InChI is InChI=1S/C14H19F3N2/c1-3-19(9-14(15,16)17)12-8-10-6-4-5-7-11(10)13(12)18-2/h4-7,12-13,18H,3,8-9H2,1-2H3. The zero-order valence-electron chi connectivity index (χ0n) is 11.2. The van der Waals surface area contributed by atoms with Gasteiger partial charge in [-0.3, -0.25) is 4.90 Å². The minimum atomic E-state index is -4.15. The molecule has 19 heavy (non-hydrogen) atoms. The van der Waals surface area contributed by atoms with Gasteiger partial charge in [-0.25, -0.2) is 0 Å². The molecular formula is C14H19F3N2. The Balaban J connectivity index is 2.21. The van der Waals surface area contributed by atoms with Crippen LogP contribution in [0.4, 0.5) is 13.2 Å². The fourth-order valence-corrected chi connectivity index (χ4v) is 2.96. The van der Waals surface area contributed by atoms with E-state index >= 15 is 0 Å². The van der Waals surface area contributed by atoms with Crippen LogP contribution in [0.25, 0.3) is 0 Å². The molecule has 2 rings (SSSR count). The van der Waals surface area contributed by atoms with E-state index in [1.807, 2.05) is 24.3 Å². The van der Waals surface area contributed by atoms with Crippen molar-refractivity contribution < 1.29 is 13.2 Å². The molecule has 0 saturated heterocycles. The van der Waals surface area contributed by atoms with E-state index in [4.69, 9.17) is 0 Å². The van der Waals surface area contributed by atoms with Crippen molar-refractivity contribution in [2.24, 2.45) is 0 Å². The van der Waals surface area contributed by atoms with Gasteiger partial charge in [0.05, 0.1) is 6.54 Å². The number of hydrogen-bond donors (Lipinski definition) is 1. The van der Waals surface area contributed by atoms with E-state index in [0.717, 1.165) is 11.1 Å². The van der Waals surface area contributed by atoms with E-state index < -0.39 is 12.7 Å². The molecule has 0 saturated carbocycles. The molecule has 0 bridgehead atoms. The molecule has 106 valence electrons. The summed E-state index contributed by atoms with van der Waals surface area (Å²) in [6.45, 7) is 1.33. The highest BCUT2D eigenvalue weighted by Crippen LogP contribution is 2.35. The molecule has 0 heterocycles. The largest absolute Gasteiger partial charge is 0.401 e. The second-order valence-corrected chi connectivity index (χ2v) is 4.91. The van der Waals surface area contributed by atoms with Crippen LogP contribution in [0.2, 0.25) is 0 Å². The third kappa shape index (κ3) is 3.09. The number of rotatable bonds is 4. The minimum Gasteiger partial charge on any atom is -0.312 e. The number of nitrogens with zero attached hydrogens (tertiary/aromatic N) is 1. The summed E-state index contributed by atoms with van der Waals surface area (Å²) in [7, 11) is 1.81. The molecule has 2 unspecified atom stereocenters. The maximum Gasteiger partial charge on any atom is 0.401 e. The van der Waals surface area contributed by atoms with Crippen LogP contribution in [0.15, 0.2) is 24.3 Å². The monoisotopic (exact) mass is 272 g/mol. The number of alkyl halides is 3. The molecule has 1 aliphatic rings. The van der Waals surface area contributed by atoms with Crippen molar-refractivity contribution >= 4 is 0 Å². The fraction of sp³-hybridized carbons (Fsp3) is 0.571. The Morgan fingerprint density at radius 2 is 2.00 bits per heavy atom. The Labute approximate surface area is 111 Å². The van der Waals surface area contributed by atoms with Crippen LogP contribution < -0.4 is 5.32 Å². The van der Waals surface area contributed by atoms with Crippen molar-refractivity contribution in [2.45, 2.75) is 31.6 Å². The lowest BCUT2D eigenvalue weighted by molar-refractivity contribution is -0.151. The van der Waals surface area contributed by atoms with E-state index in [2.05, 4.69) is 5.32 Å². The Kier molecular flexibility index (Phi) is 4.16. The summed E-state index contributed by atoms with van der Waals surface area (Å²) < 4.78 is 37.9. The lowest BCUT2D eigenvalue weighted by atomic mass is 10.1. The maximum absolute atomic E-state index is 12.6. The summed E-state index contributed by atoms with van der Waals surface area (Å²) in [6, 6.07) is 7.71. The van der Waals surface area contributed by atoms with Crippen molar-refractivity contribution in [1.29, 1.82) is 0 Å². The third-order valence-corrected chi connectivity index (χ3v) is 3.77. The van der Waals surface area contributed by atoms with Crippen molar-refractivity contribution in [2.75, 3.05) is 20.1 Å². The number of halogens is 3. The predicted octanol–water partition coefficient (Wildman–Crippen LogP) is 2.76. The van der Waals surface area contributed by atoms with E-state index in [0.29, 0.717) is 13.0 Å². The lowest BCUT2D eigenvalue weighted by Gasteiger charge is -2.32. The van der Waals surface area contributed by atoms with E-state index in [1.165, 1.54) is 4.90 Å². The molecule has 0 radical (unpaired) electrons. The third-order valence-electron chi connectivity index (χ3n) is 3.77. The van der Waals surface area contributed by atoms with Crippen LogP contribution in [-0.2, 0) is 6.42 Å². The molecule has 1 N–H and O–H groups in total. The summed E-state index contributed by atoms with van der Waals surface area (Å²) in [4.78, 5) is 1.52. The van der Waals surface area contributed by atoms with Gasteiger partial charge in [0.25, 0.3) is 0 Å². The molecule has 1 aromatic carbocycles. The minimum absolute atomic E-state index is 0.0292. The second kappa shape index (κ2) is 5.51. The molecule has 0 amide bonds. The van der Waals surface area contributed by atoms with E-state index in [-0.39, 0.29) is 12.1 Å². The van der Waals surface area contributed by atoms with Gasteiger partial charge in [-0.1, -0.05) is 31.2 Å². The maximum atomic E-state index is 12.6. The highest BCUT2D eigenvalue weighted by atomic mass is 19.4. The van der Waals surface area contributed by atoms with Crippen molar-refractivity contribution in [3.05, 3.63) is 35.4 Å². The van der Waals surface area contributed by atoms with Crippen LogP contribution in [0.1, 0.15) is 24.1 Å².